The second-order valence-electron chi connectivity index (χ2n) is 6.66. The number of piperidine rings is 1. The summed E-state index contributed by atoms with van der Waals surface area (Å²) >= 11 is 0. The van der Waals surface area contributed by atoms with Crippen LogP contribution in [-0.4, -0.2) is 42.8 Å². The molecule has 1 aliphatic heterocycles. The normalized spacial score (nSPS) is 16.3. The number of nitrogens with one attached hydrogen (secondary N) is 2. The van der Waals surface area contributed by atoms with Crippen LogP contribution in [0.15, 0.2) is 47.3 Å². The average Bonchev–Trinajstić information content (AvgIpc) is 3.27. The number of rotatable bonds is 5. The second-order valence-corrected chi connectivity index (χ2v) is 6.66. The zero-order chi connectivity index (χ0) is 19.9. The molecule has 2 heterocycles. The predicted molar refractivity (Wildman–Crippen MR) is 100 cm³/mol. The summed E-state index contributed by atoms with van der Waals surface area (Å²) in [5, 5.41) is 0. The van der Waals surface area contributed by atoms with Gasteiger partial charge in [0, 0.05) is 13.1 Å². The molecule has 148 valence electrons. The highest BCUT2D eigenvalue weighted by molar-refractivity contribution is 5.94. The molecule has 2 N–H and O–H groups in total. The monoisotopic (exact) mass is 385 g/mol. The first-order valence-corrected chi connectivity index (χ1v) is 9.10. The maximum absolute atomic E-state index is 12.4. The van der Waals surface area contributed by atoms with E-state index in [0.29, 0.717) is 30.8 Å². The van der Waals surface area contributed by atoms with Gasteiger partial charge in [-0.25, -0.2) is 0 Å². The van der Waals surface area contributed by atoms with Crippen molar-refractivity contribution in [2.75, 3.05) is 20.2 Å². The second kappa shape index (κ2) is 9.07. The highest BCUT2D eigenvalue weighted by Crippen LogP contribution is 2.19. The molecular formula is C20H23N3O5. The number of likely N-dealkylation sites (tertiary alicyclic amines) is 1. The quantitative estimate of drug-likeness (QED) is 0.760. The first kappa shape index (κ1) is 19.5. The van der Waals surface area contributed by atoms with Gasteiger partial charge < -0.3 is 14.1 Å². The Morgan fingerprint density at radius 2 is 1.96 bits per heavy atom. The van der Waals surface area contributed by atoms with E-state index < -0.39 is 0 Å². The van der Waals surface area contributed by atoms with E-state index in [1.807, 2.05) is 0 Å². The van der Waals surface area contributed by atoms with Crippen molar-refractivity contribution in [2.45, 2.75) is 19.3 Å². The van der Waals surface area contributed by atoms with Crippen LogP contribution in [0.2, 0.25) is 0 Å². The minimum atomic E-state index is -0.370. The van der Waals surface area contributed by atoms with Crippen LogP contribution < -0.4 is 15.6 Å². The molecular weight excluding hydrogens is 362 g/mol. The molecule has 1 fully saturated rings. The minimum absolute atomic E-state index is 0.139. The van der Waals surface area contributed by atoms with E-state index in [0.717, 1.165) is 12.0 Å². The molecule has 0 spiro atoms. The Kier molecular flexibility index (Phi) is 6.31. The van der Waals surface area contributed by atoms with Crippen LogP contribution in [0.3, 0.4) is 0 Å². The number of hydrogen-bond donors (Lipinski definition) is 2. The van der Waals surface area contributed by atoms with Crippen molar-refractivity contribution in [2.24, 2.45) is 5.92 Å². The van der Waals surface area contributed by atoms with Gasteiger partial charge in [0.1, 0.15) is 12.0 Å². The molecule has 1 saturated heterocycles. The summed E-state index contributed by atoms with van der Waals surface area (Å²) in [5.74, 6) is -0.432. The van der Waals surface area contributed by atoms with Crippen molar-refractivity contribution in [3.63, 3.8) is 0 Å². The van der Waals surface area contributed by atoms with Gasteiger partial charge in [-0.15, -0.1) is 0 Å². The summed E-state index contributed by atoms with van der Waals surface area (Å²) in [6.45, 7) is 0.905. The Morgan fingerprint density at radius 3 is 2.64 bits per heavy atom. The maximum Gasteiger partial charge on any atom is 0.257 e. The number of methoxy groups -OCH3 is 1. The van der Waals surface area contributed by atoms with Crippen LogP contribution in [-0.2, 0) is 16.0 Å². The van der Waals surface area contributed by atoms with Crippen LogP contribution in [0.5, 0.6) is 5.75 Å². The van der Waals surface area contributed by atoms with Gasteiger partial charge in [0.15, 0.2) is 0 Å². The summed E-state index contributed by atoms with van der Waals surface area (Å²) in [6.07, 6.45) is 4.36. The molecule has 1 aromatic heterocycles. The van der Waals surface area contributed by atoms with Crippen LogP contribution >= 0.6 is 0 Å². The van der Waals surface area contributed by atoms with Crippen molar-refractivity contribution in [3.05, 3.63) is 54.0 Å². The van der Waals surface area contributed by atoms with Gasteiger partial charge in [-0.3, -0.25) is 25.2 Å². The number of carbonyl (C=O) groups is 3. The lowest BCUT2D eigenvalue weighted by molar-refractivity contribution is -0.131. The molecule has 0 saturated carbocycles. The number of amides is 3. The highest BCUT2D eigenvalue weighted by atomic mass is 16.5. The Bertz CT molecular complexity index is 817. The van der Waals surface area contributed by atoms with E-state index >= 15 is 0 Å². The third-order valence-corrected chi connectivity index (χ3v) is 4.70. The van der Waals surface area contributed by atoms with E-state index in [4.69, 9.17) is 9.15 Å². The van der Waals surface area contributed by atoms with Crippen LogP contribution in [0.25, 0.3) is 0 Å². The summed E-state index contributed by atoms with van der Waals surface area (Å²) in [5.41, 5.74) is 6.18. The zero-order valence-corrected chi connectivity index (χ0v) is 15.6. The lowest BCUT2D eigenvalue weighted by Crippen LogP contribution is -2.50. The standard InChI is InChI=1S/C20H23N3O5/c1-27-17-6-4-14(5-7-17)11-18(24)21-22-19(25)15-3-2-9-23(12-15)20(26)16-8-10-28-13-16/h4-8,10,13,15H,2-3,9,11-12H2,1H3,(H,21,24)(H,22,25). The largest absolute Gasteiger partial charge is 0.497 e. The fourth-order valence-corrected chi connectivity index (χ4v) is 3.15. The smallest absolute Gasteiger partial charge is 0.257 e. The number of hydrazine groups is 1. The van der Waals surface area contributed by atoms with E-state index in [1.54, 1.807) is 42.3 Å². The van der Waals surface area contributed by atoms with Crippen molar-refractivity contribution in [1.82, 2.24) is 15.8 Å². The summed E-state index contributed by atoms with van der Waals surface area (Å²) in [7, 11) is 1.58. The Balaban J connectivity index is 1.47. The van der Waals surface area contributed by atoms with Crippen molar-refractivity contribution < 1.29 is 23.5 Å². The first-order chi connectivity index (χ1) is 13.6. The molecule has 1 atom stereocenters. The number of nitrogens with zero attached hydrogens (tertiary/aromatic N) is 1. The molecule has 3 amide bonds. The van der Waals surface area contributed by atoms with Crippen molar-refractivity contribution in [3.8, 4) is 5.75 Å². The fraction of sp³-hybridized carbons (Fsp3) is 0.350. The average molecular weight is 385 g/mol. The zero-order valence-electron chi connectivity index (χ0n) is 15.6. The molecule has 0 aliphatic carbocycles. The molecule has 0 bridgehead atoms. The third-order valence-electron chi connectivity index (χ3n) is 4.70. The van der Waals surface area contributed by atoms with E-state index in [-0.39, 0.29) is 30.1 Å². The van der Waals surface area contributed by atoms with Crippen LogP contribution in [0.4, 0.5) is 0 Å². The third kappa shape index (κ3) is 4.91. The molecule has 2 aromatic rings. The van der Waals surface area contributed by atoms with Gasteiger partial charge in [-0.2, -0.15) is 0 Å². The predicted octanol–water partition coefficient (Wildman–Crippen LogP) is 1.53. The van der Waals surface area contributed by atoms with Gasteiger partial charge >= 0.3 is 0 Å². The van der Waals surface area contributed by atoms with Gasteiger partial charge in [0.25, 0.3) is 5.91 Å². The van der Waals surface area contributed by atoms with E-state index in [9.17, 15) is 14.4 Å². The molecule has 28 heavy (non-hydrogen) atoms. The van der Waals surface area contributed by atoms with Gasteiger partial charge in [0.2, 0.25) is 11.8 Å². The van der Waals surface area contributed by atoms with Crippen LogP contribution in [0, 0.1) is 5.92 Å². The summed E-state index contributed by atoms with van der Waals surface area (Å²) < 4.78 is 10.0. The van der Waals surface area contributed by atoms with Crippen molar-refractivity contribution in [1.29, 1.82) is 0 Å². The minimum Gasteiger partial charge on any atom is -0.497 e. The topological polar surface area (TPSA) is 101 Å². The molecule has 0 radical (unpaired) electrons. The number of benzene rings is 1. The summed E-state index contributed by atoms with van der Waals surface area (Å²) in [6, 6.07) is 8.73. The Labute approximate surface area is 162 Å². The molecule has 8 heteroatoms. The summed E-state index contributed by atoms with van der Waals surface area (Å²) in [4.78, 5) is 38.5. The van der Waals surface area contributed by atoms with Gasteiger partial charge in [0.05, 0.1) is 31.3 Å². The molecule has 3 rings (SSSR count). The number of hydrogen-bond acceptors (Lipinski definition) is 5. The fourth-order valence-electron chi connectivity index (χ4n) is 3.15. The van der Waals surface area contributed by atoms with E-state index in [2.05, 4.69) is 10.9 Å². The number of carbonyl (C=O) groups excluding carboxylic acids is 3. The SMILES string of the molecule is COc1ccc(CC(=O)NNC(=O)C2CCCN(C(=O)c3ccoc3)C2)cc1. The van der Waals surface area contributed by atoms with Crippen molar-refractivity contribution >= 4 is 17.7 Å². The lowest BCUT2D eigenvalue weighted by atomic mass is 9.97. The Hall–Kier alpha value is -3.29. The molecule has 1 aliphatic rings. The number of furan rings is 1. The highest BCUT2D eigenvalue weighted by Gasteiger charge is 2.29. The van der Waals surface area contributed by atoms with E-state index in [1.165, 1.54) is 12.5 Å². The first-order valence-electron chi connectivity index (χ1n) is 9.10. The molecule has 1 unspecified atom stereocenters. The van der Waals surface area contributed by atoms with Gasteiger partial charge in [-0.05, 0) is 36.6 Å². The van der Waals surface area contributed by atoms with Crippen LogP contribution in [0.1, 0.15) is 28.8 Å². The lowest BCUT2D eigenvalue weighted by Gasteiger charge is -2.31. The van der Waals surface area contributed by atoms with Gasteiger partial charge in [-0.1, -0.05) is 12.1 Å². The molecule has 1 aromatic carbocycles. The number of ether oxygens (including phenoxy) is 1. The Morgan fingerprint density at radius 1 is 1.18 bits per heavy atom. The maximum atomic E-state index is 12.4. The molecule has 8 nitrogen and oxygen atoms in total.